The standard InChI is InChI=1S/C7H6BrN3O/c1-12-6-2-4-5(8)3-9-7(4)11-10-6/h2-3H,1H3,(H,9,11). The van der Waals surface area contributed by atoms with Crippen molar-refractivity contribution in [2.24, 2.45) is 0 Å². The molecule has 2 rings (SSSR count). The van der Waals surface area contributed by atoms with E-state index in [2.05, 4.69) is 31.1 Å². The third kappa shape index (κ3) is 1.06. The van der Waals surface area contributed by atoms with Crippen molar-refractivity contribution in [3.63, 3.8) is 0 Å². The second kappa shape index (κ2) is 2.75. The summed E-state index contributed by atoms with van der Waals surface area (Å²) in [6.07, 6.45) is 1.82. The summed E-state index contributed by atoms with van der Waals surface area (Å²) in [5.74, 6) is 0.516. The molecule has 5 heteroatoms. The number of halogens is 1. The van der Waals surface area contributed by atoms with Gasteiger partial charge in [-0.05, 0) is 15.9 Å². The van der Waals surface area contributed by atoms with Crippen molar-refractivity contribution in [3.8, 4) is 5.88 Å². The molecule has 0 aliphatic heterocycles. The van der Waals surface area contributed by atoms with Gasteiger partial charge in [-0.1, -0.05) is 0 Å². The van der Waals surface area contributed by atoms with Crippen molar-refractivity contribution in [1.29, 1.82) is 0 Å². The van der Waals surface area contributed by atoms with Crippen LogP contribution in [0.15, 0.2) is 16.7 Å². The maximum absolute atomic E-state index is 4.94. The number of hydrogen-bond donors (Lipinski definition) is 1. The molecule has 0 atom stereocenters. The van der Waals surface area contributed by atoms with Gasteiger partial charge >= 0.3 is 0 Å². The highest BCUT2D eigenvalue weighted by Crippen LogP contribution is 2.23. The van der Waals surface area contributed by atoms with Crippen LogP contribution in [-0.2, 0) is 0 Å². The van der Waals surface area contributed by atoms with Gasteiger partial charge in [0.05, 0.1) is 7.11 Å². The Morgan fingerprint density at radius 2 is 2.33 bits per heavy atom. The van der Waals surface area contributed by atoms with Crippen molar-refractivity contribution in [2.75, 3.05) is 7.11 Å². The Morgan fingerprint density at radius 1 is 1.50 bits per heavy atom. The highest BCUT2D eigenvalue weighted by molar-refractivity contribution is 9.10. The van der Waals surface area contributed by atoms with Gasteiger partial charge in [0.15, 0.2) is 5.65 Å². The summed E-state index contributed by atoms with van der Waals surface area (Å²) in [4.78, 5) is 2.96. The van der Waals surface area contributed by atoms with Crippen molar-refractivity contribution >= 4 is 27.0 Å². The van der Waals surface area contributed by atoms with Gasteiger partial charge in [0.25, 0.3) is 0 Å². The first-order valence-corrected chi connectivity index (χ1v) is 4.15. The van der Waals surface area contributed by atoms with Gasteiger partial charge in [0.2, 0.25) is 5.88 Å². The quantitative estimate of drug-likeness (QED) is 0.808. The minimum Gasteiger partial charge on any atom is -0.480 e. The average Bonchev–Trinajstić information content (AvgIpc) is 2.47. The molecule has 1 N–H and O–H groups in total. The van der Waals surface area contributed by atoms with Gasteiger partial charge < -0.3 is 9.72 Å². The molecule has 0 aliphatic carbocycles. The van der Waals surface area contributed by atoms with Crippen molar-refractivity contribution in [2.45, 2.75) is 0 Å². The Balaban J connectivity index is 2.71. The Labute approximate surface area is 77.1 Å². The van der Waals surface area contributed by atoms with E-state index in [1.807, 2.05) is 12.3 Å². The lowest BCUT2D eigenvalue weighted by Gasteiger charge is -1.95. The summed E-state index contributed by atoms with van der Waals surface area (Å²) in [6, 6.07) is 1.82. The number of aromatic amines is 1. The van der Waals surface area contributed by atoms with Gasteiger partial charge in [0, 0.05) is 22.1 Å². The lowest BCUT2D eigenvalue weighted by Crippen LogP contribution is -1.89. The maximum atomic E-state index is 4.94. The van der Waals surface area contributed by atoms with E-state index in [1.54, 1.807) is 7.11 Å². The molecule has 2 aromatic rings. The van der Waals surface area contributed by atoms with Crippen LogP contribution >= 0.6 is 15.9 Å². The molecule has 0 saturated heterocycles. The number of nitrogens with zero attached hydrogens (tertiary/aromatic N) is 2. The molecule has 0 saturated carbocycles. The smallest absolute Gasteiger partial charge is 0.233 e. The van der Waals surface area contributed by atoms with E-state index in [9.17, 15) is 0 Å². The molecule has 0 aliphatic rings. The Bertz CT molecular complexity index is 412. The zero-order valence-electron chi connectivity index (χ0n) is 6.34. The van der Waals surface area contributed by atoms with Crippen LogP contribution in [0.5, 0.6) is 5.88 Å². The maximum Gasteiger partial charge on any atom is 0.233 e. The van der Waals surface area contributed by atoms with E-state index >= 15 is 0 Å². The molecule has 2 heterocycles. The summed E-state index contributed by atoms with van der Waals surface area (Å²) in [7, 11) is 1.57. The molecule has 0 bridgehead atoms. The molecule has 0 fully saturated rings. The van der Waals surface area contributed by atoms with Gasteiger partial charge in [-0.25, -0.2) is 0 Å². The molecule has 12 heavy (non-hydrogen) atoms. The first-order chi connectivity index (χ1) is 5.81. The van der Waals surface area contributed by atoms with Crippen LogP contribution in [0, 0.1) is 0 Å². The number of rotatable bonds is 1. The van der Waals surface area contributed by atoms with Crippen LogP contribution in [0.25, 0.3) is 11.0 Å². The number of aromatic nitrogens is 3. The summed E-state index contributed by atoms with van der Waals surface area (Å²) < 4.78 is 5.90. The molecule has 0 amide bonds. The molecule has 0 spiro atoms. The van der Waals surface area contributed by atoms with Crippen molar-refractivity contribution < 1.29 is 4.74 Å². The topological polar surface area (TPSA) is 50.8 Å². The predicted molar refractivity (Wildman–Crippen MR) is 48.1 cm³/mol. The van der Waals surface area contributed by atoms with Crippen molar-refractivity contribution in [1.82, 2.24) is 15.2 Å². The Kier molecular flexibility index (Phi) is 1.73. The summed E-state index contributed by atoms with van der Waals surface area (Å²) >= 11 is 3.38. The third-order valence-corrected chi connectivity index (χ3v) is 2.23. The first kappa shape index (κ1) is 7.54. The van der Waals surface area contributed by atoms with Gasteiger partial charge in [-0.3, -0.25) is 0 Å². The van der Waals surface area contributed by atoms with Crippen LogP contribution in [0.3, 0.4) is 0 Å². The van der Waals surface area contributed by atoms with Crippen LogP contribution in [0.2, 0.25) is 0 Å². The third-order valence-electron chi connectivity index (χ3n) is 1.57. The fraction of sp³-hybridized carbons (Fsp3) is 0.143. The summed E-state index contributed by atoms with van der Waals surface area (Å²) in [5, 5.41) is 8.70. The van der Waals surface area contributed by atoms with Crippen LogP contribution in [-0.4, -0.2) is 22.3 Å². The Morgan fingerprint density at radius 3 is 3.08 bits per heavy atom. The van der Waals surface area contributed by atoms with Crippen LogP contribution < -0.4 is 4.74 Å². The van der Waals surface area contributed by atoms with Gasteiger partial charge in [-0.2, -0.15) is 0 Å². The normalized spacial score (nSPS) is 10.5. The number of nitrogens with one attached hydrogen (secondary N) is 1. The lowest BCUT2D eigenvalue weighted by molar-refractivity contribution is 0.393. The molecular weight excluding hydrogens is 222 g/mol. The van der Waals surface area contributed by atoms with E-state index in [0.29, 0.717) is 5.88 Å². The van der Waals surface area contributed by atoms with E-state index in [1.165, 1.54) is 0 Å². The fourth-order valence-corrected chi connectivity index (χ4v) is 1.39. The van der Waals surface area contributed by atoms with Crippen LogP contribution in [0.1, 0.15) is 0 Å². The average molecular weight is 228 g/mol. The zero-order chi connectivity index (χ0) is 8.55. The highest BCUT2D eigenvalue weighted by Gasteiger charge is 2.03. The molecular formula is C7H6BrN3O. The summed E-state index contributed by atoms with van der Waals surface area (Å²) in [5.41, 5.74) is 0.752. The molecule has 0 aromatic carbocycles. The van der Waals surface area contributed by atoms with E-state index < -0.39 is 0 Å². The zero-order valence-corrected chi connectivity index (χ0v) is 7.92. The van der Waals surface area contributed by atoms with E-state index in [-0.39, 0.29) is 0 Å². The predicted octanol–water partition coefficient (Wildman–Crippen LogP) is 1.73. The van der Waals surface area contributed by atoms with Gasteiger partial charge in [0.1, 0.15) is 0 Å². The highest BCUT2D eigenvalue weighted by atomic mass is 79.9. The monoisotopic (exact) mass is 227 g/mol. The Hall–Kier alpha value is -1.10. The minimum absolute atomic E-state index is 0.516. The minimum atomic E-state index is 0.516. The largest absolute Gasteiger partial charge is 0.480 e. The molecule has 4 nitrogen and oxygen atoms in total. The SMILES string of the molecule is COc1cc2c(Br)c[nH]c2nn1. The summed E-state index contributed by atoms with van der Waals surface area (Å²) in [6.45, 7) is 0. The second-order valence-corrected chi connectivity index (χ2v) is 3.14. The van der Waals surface area contributed by atoms with E-state index in [4.69, 9.17) is 4.74 Å². The van der Waals surface area contributed by atoms with Crippen LogP contribution in [0.4, 0.5) is 0 Å². The van der Waals surface area contributed by atoms with Crippen molar-refractivity contribution in [3.05, 3.63) is 16.7 Å². The van der Waals surface area contributed by atoms with Gasteiger partial charge in [-0.15, -0.1) is 10.2 Å². The number of methoxy groups -OCH3 is 1. The number of ether oxygens (including phenoxy) is 1. The molecule has 2 aromatic heterocycles. The lowest BCUT2D eigenvalue weighted by atomic mass is 10.4. The van der Waals surface area contributed by atoms with E-state index in [0.717, 1.165) is 15.5 Å². The molecule has 0 radical (unpaired) electrons. The second-order valence-electron chi connectivity index (χ2n) is 2.29. The number of H-pyrrole nitrogens is 1. The number of fused-ring (bicyclic) bond motifs is 1. The fourth-order valence-electron chi connectivity index (χ4n) is 0.972. The number of hydrogen-bond acceptors (Lipinski definition) is 3. The first-order valence-electron chi connectivity index (χ1n) is 3.35. The molecule has 62 valence electrons. The molecule has 0 unspecified atom stereocenters.